The van der Waals surface area contributed by atoms with Crippen LogP contribution < -0.4 is 15.5 Å². The molecule has 0 saturated heterocycles. The molecule has 2 N–H and O–H groups in total. The molecule has 0 heterocycles. The van der Waals surface area contributed by atoms with Crippen molar-refractivity contribution in [3.05, 3.63) is 70.7 Å². The molecule has 0 spiro atoms. The molecule has 2 amide bonds. The van der Waals surface area contributed by atoms with Gasteiger partial charge >= 0.3 is 0 Å². The molecule has 6 nitrogen and oxygen atoms in total. The summed E-state index contributed by atoms with van der Waals surface area (Å²) in [7, 11) is 0. The van der Waals surface area contributed by atoms with Gasteiger partial charge in [-0.05, 0) is 60.5 Å². The predicted molar refractivity (Wildman–Crippen MR) is 123 cm³/mol. The van der Waals surface area contributed by atoms with Gasteiger partial charge in [0.25, 0.3) is 5.91 Å². The van der Waals surface area contributed by atoms with Crippen molar-refractivity contribution in [2.24, 2.45) is 5.10 Å². The molecule has 30 heavy (non-hydrogen) atoms. The third-order valence-corrected chi connectivity index (χ3v) is 4.81. The molecule has 3 aromatic carbocycles. The molecule has 0 aliphatic heterocycles. The van der Waals surface area contributed by atoms with Crippen molar-refractivity contribution < 1.29 is 14.3 Å². The fourth-order valence-corrected chi connectivity index (χ4v) is 3.33. The maximum Gasteiger partial charge on any atom is 0.277 e. The summed E-state index contributed by atoms with van der Waals surface area (Å²) in [5.41, 5.74) is 4.53. The van der Waals surface area contributed by atoms with E-state index < -0.39 is 5.91 Å². The molecule has 0 aliphatic carbocycles. The molecule has 0 aromatic heterocycles. The first-order chi connectivity index (χ1) is 14.4. The van der Waals surface area contributed by atoms with Crippen LogP contribution in [-0.4, -0.2) is 24.1 Å². The number of hydrogen-bond acceptors (Lipinski definition) is 4. The highest BCUT2D eigenvalue weighted by atomic mass is 79.9. The maximum atomic E-state index is 12.2. The number of nitrogens with zero attached hydrogens (tertiary/aromatic N) is 1. The van der Waals surface area contributed by atoms with Crippen LogP contribution in [-0.2, 0) is 9.59 Å². The van der Waals surface area contributed by atoms with E-state index in [1.54, 1.807) is 13.0 Å². The Morgan fingerprint density at radius 1 is 1.00 bits per heavy atom. The second-order valence-corrected chi connectivity index (χ2v) is 7.78. The molecule has 7 heteroatoms. The highest BCUT2D eigenvalue weighted by Crippen LogP contribution is 2.22. The van der Waals surface area contributed by atoms with Crippen LogP contribution in [0, 0.1) is 6.92 Å². The lowest BCUT2D eigenvalue weighted by Crippen LogP contribution is -2.26. The third kappa shape index (κ3) is 6.15. The van der Waals surface area contributed by atoms with Gasteiger partial charge in [0.1, 0.15) is 5.75 Å². The van der Waals surface area contributed by atoms with Crippen molar-refractivity contribution in [2.75, 3.05) is 11.9 Å². The summed E-state index contributed by atoms with van der Waals surface area (Å²) in [5, 5.41) is 8.98. The van der Waals surface area contributed by atoms with Gasteiger partial charge in [-0.25, -0.2) is 5.43 Å². The van der Waals surface area contributed by atoms with E-state index >= 15 is 0 Å². The van der Waals surface area contributed by atoms with Crippen molar-refractivity contribution in [3.63, 3.8) is 0 Å². The van der Waals surface area contributed by atoms with E-state index in [0.717, 1.165) is 20.8 Å². The first-order valence-electron chi connectivity index (χ1n) is 9.40. The molecule has 0 aliphatic rings. The number of carbonyl (C=O) groups is 2. The lowest BCUT2D eigenvalue weighted by atomic mass is 10.1. The lowest BCUT2D eigenvalue weighted by molar-refractivity contribution is -0.123. The van der Waals surface area contributed by atoms with Crippen molar-refractivity contribution in [1.29, 1.82) is 0 Å². The molecule has 0 fully saturated rings. The SMILES string of the molecule is C/C(CC(=O)Nc1ccc2ccccc2c1)=N\NC(=O)COc1ccc(Br)cc1C. The summed E-state index contributed by atoms with van der Waals surface area (Å²) >= 11 is 3.38. The van der Waals surface area contributed by atoms with Crippen LogP contribution in [0.1, 0.15) is 18.9 Å². The minimum Gasteiger partial charge on any atom is -0.483 e. The van der Waals surface area contributed by atoms with E-state index in [4.69, 9.17) is 4.74 Å². The van der Waals surface area contributed by atoms with Gasteiger partial charge in [-0.15, -0.1) is 0 Å². The Labute approximate surface area is 183 Å². The molecule has 0 unspecified atom stereocenters. The van der Waals surface area contributed by atoms with Crippen LogP contribution in [0.4, 0.5) is 5.69 Å². The van der Waals surface area contributed by atoms with Gasteiger partial charge in [-0.1, -0.05) is 46.3 Å². The monoisotopic (exact) mass is 467 g/mol. The Morgan fingerprint density at radius 2 is 1.77 bits per heavy atom. The average molecular weight is 468 g/mol. The predicted octanol–water partition coefficient (Wildman–Crippen LogP) is 4.81. The first kappa shape index (κ1) is 21.5. The van der Waals surface area contributed by atoms with Crippen LogP contribution >= 0.6 is 15.9 Å². The van der Waals surface area contributed by atoms with Gasteiger partial charge in [-0.3, -0.25) is 9.59 Å². The number of hydrazone groups is 1. The van der Waals surface area contributed by atoms with Gasteiger partial charge in [0.05, 0.1) is 6.42 Å². The summed E-state index contributed by atoms with van der Waals surface area (Å²) < 4.78 is 6.44. The number of nitrogens with one attached hydrogen (secondary N) is 2. The average Bonchev–Trinajstić information content (AvgIpc) is 2.71. The van der Waals surface area contributed by atoms with E-state index in [2.05, 4.69) is 31.8 Å². The standard InChI is InChI=1S/C23H22BrN3O3/c1-15-11-19(24)8-10-21(15)30-14-23(29)27-26-16(2)12-22(28)25-20-9-7-17-5-3-4-6-18(17)13-20/h3-11,13H,12,14H2,1-2H3,(H,25,28)(H,27,29)/b26-16+. The number of amides is 2. The zero-order chi connectivity index (χ0) is 21.5. The fourth-order valence-electron chi connectivity index (χ4n) is 2.85. The molecule has 0 atom stereocenters. The number of carbonyl (C=O) groups excluding carboxylic acids is 2. The first-order valence-corrected chi connectivity index (χ1v) is 10.2. The molecule has 0 saturated carbocycles. The number of anilines is 1. The number of hydrogen-bond donors (Lipinski definition) is 2. The second kappa shape index (κ2) is 10.0. The summed E-state index contributed by atoms with van der Waals surface area (Å²) in [6.07, 6.45) is 0.0692. The van der Waals surface area contributed by atoms with Crippen LogP contribution in [0.2, 0.25) is 0 Å². The highest BCUT2D eigenvalue weighted by Gasteiger charge is 2.08. The Morgan fingerprint density at radius 3 is 2.53 bits per heavy atom. The summed E-state index contributed by atoms with van der Waals surface area (Å²) in [5.74, 6) is 0.0259. The number of aryl methyl sites for hydroxylation is 1. The Balaban J connectivity index is 1.47. The zero-order valence-electron chi connectivity index (χ0n) is 16.7. The summed E-state index contributed by atoms with van der Waals surface area (Å²) in [6, 6.07) is 19.2. The van der Waals surface area contributed by atoms with Gasteiger partial charge in [0, 0.05) is 15.9 Å². The number of benzene rings is 3. The molecular weight excluding hydrogens is 446 g/mol. The van der Waals surface area contributed by atoms with Gasteiger partial charge in [-0.2, -0.15) is 5.10 Å². The molecule has 154 valence electrons. The minimum absolute atomic E-state index is 0.0692. The second-order valence-electron chi connectivity index (χ2n) is 6.87. The topological polar surface area (TPSA) is 79.8 Å². The molecule has 3 aromatic rings. The molecule has 3 rings (SSSR count). The quantitative estimate of drug-likeness (QED) is 0.386. The molecule has 0 radical (unpaired) electrons. The van der Waals surface area contributed by atoms with E-state index in [1.807, 2.05) is 61.5 Å². The number of ether oxygens (including phenoxy) is 1. The number of halogens is 1. The zero-order valence-corrected chi connectivity index (χ0v) is 18.3. The van der Waals surface area contributed by atoms with E-state index in [0.29, 0.717) is 17.1 Å². The molecular formula is C23H22BrN3O3. The summed E-state index contributed by atoms with van der Waals surface area (Å²) in [6.45, 7) is 3.41. The minimum atomic E-state index is -0.397. The Kier molecular flexibility index (Phi) is 7.19. The van der Waals surface area contributed by atoms with Crippen molar-refractivity contribution >= 4 is 49.9 Å². The summed E-state index contributed by atoms with van der Waals surface area (Å²) in [4.78, 5) is 24.2. The lowest BCUT2D eigenvalue weighted by Gasteiger charge is -2.09. The van der Waals surface area contributed by atoms with Crippen LogP contribution in [0.5, 0.6) is 5.75 Å². The van der Waals surface area contributed by atoms with E-state index in [1.165, 1.54) is 0 Å². The van der Waals surface area contributed by atoms with Crippen molar-refractivity contribution in [2.45, 2.75) is 20.3 Å². The largest absolute Gasteiger partial charge is 0.483 e. The fraction of sp³-hybridized carbons (Fsp3) is 0.174. The van der Waals surface area contributed by atoms with Crippen LogP contribution in [0.3, 0.4) is 0 Å². The van der Waals surface area contributed by atoms with Gasteiger partial charge in [0.2, 0.25) is 5.91 Å². The third-order valence-electron chi connectivity index (χ3n) is 4.32. The van der Waals surface area contributed by atoms with E-state index in [-0.39, 0.29) is 18.9 Å². The smallest absolute Gasteiger partial charge is 0.277 e. The van der Waals surface area contributed by atoms with E-state index in [9.17, 15) is 9.59 Å². The van der Waals surface area contributed by atoms with Gasteiger partial charge in [0.15, 0.2) is 6.61 Å². The number of rotatable bonds is 7. The molecule has 0 bridgehead atoms. The number of fused-ring (bicyclic) bond motifs is 1. The van der Waals surface area contributed by atoms with Crippen LogP contribution in [0.25, 0.3) is 10.8 Å². The maximum absolute atomic E-state index is 12.2. The highest BCUT2D eigenvalue weighted by molar-refractivity contribution is 9.10. The van der Waals surface area contributed by atoms with Crippen LogP contribution in [0.15, 0.2) is 70.2 Å². The van der Waals surface area contributed by atoms with Crippen molar-refractivity contribution in [3.8, 4) is 5.75 Å². The Bertz CT molecular complexity index is 1110. The Hall–Kier alpha value is -3.19. The van der Waals surface area contributed by atoms with Crippen molar-refractivity contribution in [1.82, 2.24) is 5.43 Å². The van der Waals surface area contributed by atoms with Gasteiger partial charge < -0.3 is 10.1 Å². The normalized spacial score (nSPS) is 11.2.